The number of hydrogen-bond acceptors (Lipinski definition) is 3. The van der Waals surface area contributed by atoms with Crippen molar-refractivity contribution in [2.45, 2.75) is 43.7 Å². The number of benzene rings is 2. The van der Waals surface area contributed by atoms with Crippen molar-refractivity contribution in [2.75, 3.05) is 13.1 Å². The normalized spacial score (nSPS) is 29.2. The average molecular weight is 323 g/mol. The summed E-state index contributed by atoms with van der Waals surface area (Å²) < 4.78 is 0. The van der Waals surface area contributed by atoms with Crippen LogP contribution in [0.25, 0.3) is 0 Å². The zero-order chi connectivity index (χ0) is 16.7. The van der Waals surface area contributed by atoms with E-state index in [1.54, 1.807) is 6.07 Å². The number of aliphatic hydroxyl groups excluding tert-OH is 1. The minimum atomic E-state index is -0.378. The Labute approximate surface area is 143 Å². The summed E-state index contributed by atoms with van der Waals surface area (Å²) in [6, 6.07) is 16.4. The SMILES string of the molecule is C[C@@]12CCN(CCc3ccccc3)C(Cc3ccc(O)cc31)[C@@H]2O. The monoisotopic (exact) mass is 323 g/mol. The Morgan fingerprint density at radius 2 is 1.96 bits per heavy atom. The third kappa shape index (κ3) is 2.52. The first-order valence-electron chi connectivity index (χ1n) is 8.86. The van der Waals surface area contributed by atoms with Gasteiger partial charge < -0.3 is 10.2 Å². The summed E-state index contributed by atoms with van der Waals surface area (Å²) >= 11 is 0. The fraction of sp³-hybridized carbons (Fsp3) is 0.429. The topological polar surface area (TPSA) is 43.7 Å². The number of aliphatic hydroxyl groups is 1. The smallest absolute Gasteiger partial charge is 0.115 e. The molecular formula is C21H25NO2. The molecule has 2 aromatic carbocycles. The molecule has 126 valence electrons. The van der Waals surface area contributed by atoms with Crippen molar-refractivity contribution in [1.82, 2.24) is 4.90 Å². The van der Waals surface area contributed by atoms with Crippen molar-refractivity contribution < 1.29 is 10.2 Å². The highest BCUT2D eigenvalue weighted by Crippen LogP contribution is 2.45. The Balaban J connectivity index is 1.57. The van der Waals surface area contributed by atoms with Gasteiger partial charge in [-0.3, -0.25) is 4.90 Å². The maximum atomic E-state index is 11.0. The van der Waals surface area contributed by atoms with Crippen LogP contribution in [-0.4, -0.2) is 40.3 Å². The predicted molar refractivity (Wildman–Crippen MR) is 95.3 cm³/mol. The number of nitrogens with zero attached hydrogens (tertiary/aromatic N) is 1. The molecule has 3 nitrogen and oxygen atoms in total. The van der Waals surface area contributed by atoms with Gasteiger partial charge in [0.25, 0.3) is 0 Å². The first-order valence-corrected chi connectivity index (χ1v) is 8.86. The lowest BCUT2D eigenvalue weighted by Gasteiger charge is -2.53. The molecule has 24 heavy (non-hydrogen) atoms. The van der Waals surface area contributed by atoms with Crippen LogP contribution >= 0.6 is 0 Å². The second-order valence-electron chi connectivity index (χ2n) is 7.50. The molecule has 1 fully saturated rings. The van der Waals surface area contributed by atoms with E-state index in [0.717, 1.165) is 37.9 Å². The summed E-state index contributed by atoms with van der Waals surface area (Å²) in [7, 11) is 0. The molecule has 0 saturated carbocycles. The van der Waals surface area contributed by atoms with E-state index in [9.17, 15) is 10.2 Å². The third-order valence-electron chi connectivity index (χ3n) is 6.07. The van der Waals surface area contributed by atoms with Crippen molar-refractivity contribution in [3.05, 3.63) is 65.2 Å². The molecule has 2 aliphatic rings. The summed E-state index contributed by atoms with van der Waals surface area (Å²) in [6.07, 6.45) is 2.43. The van der Waals surface area contributed by atoms with E-state index in [-0.39, 0.29) is 17.6 Å². The molecule has 0 aromatic heterocycles. The van der Waals surface area contributed by atoms with Crippen molar-refractivity contribution in [3.63, 3.8) is 0 Å². The minimum absolute atomic E-state index is 0.171. The van der Waals surface area contributed by atoms with Gasteiger partial charge in [0.05, 0.1) is 6.10 Å². The Kier molecular flexibility index (Phi) is 3.86. The fourth-order valence-corrected chi connectivity index (χ4v) is 4.54. The summed E-state index contributed by atoms with van der Waals surface area (Å²) in [4.78, 5) is 2.45. The molecule has 1 saturated heterocycles. The van der Waals surface area contributed by atoms with Gasteiger partial charge in [-0.2, -0.15) is 0 Å². The number of phenolic OH excluding ortho intramolecular Hbond substituents is 1. The molecule has 1 unspecified atom stereocenters. The van der Waals surface area contributed by atoms with E-state index < -0.39 is 0 Å². The molecule has 1 aliphatic carbocycles. The molecule has 1 aliphatic heterocycles. The lowest BCUT2D eigenvalue weighted by atomic mass is 9.63. The Morgan fingerprint density at radius 1 is 1.17 bits per heavy atom. The second kappa shape index (κ2) is 5.91. The lowest BCUT2D eigenvalue weighted by Crippen LogP contribution is -2.62. The lowest BCUT2D eigenvalue weighted by molar-refractivity contribution is -0.0505. The van der Waals surface area contributed by atoms with Crippen LogP contribution < -0.4 is 0 Å². The van der Waals surface area contributed by atoms with Crippen LogP contribution in [0.5, 0.6) is 5.75 Å². The van der Waals surface area contributed by atoms with E-state index >= 15 is 0 Å². The first-order chi connectivity index (χ1) is 11.6. The molecule has 0 amide bonds. The van der Waals surface area contributed by atoms with Gasteiger partial charge in [0.15, 0.2) is 0 Å². The highest BCUT2D eigenvalue weighted by atomic mass is 16.3. The van der Waals surface area contributed by atoms with E-state index in [4.69, 9.17) is 0 Å². The number of phenols is 1. The summed E-state index contributed by atoms with van der Waals surface area (Å²) in [5, 5.41) is 20.9. The van der Waals surface area contributed by atoms with Crippen LogP contribution in [0.2, 0.25) is 0 Å². The highest BCUT2D eigenvalue weighted by Gasteiger charge is 2.49. The van der Waals surface area contributed by atoms with Crippen molar-refractivity contribution >= 4 is 0 Å². The predicted octanol–water partition coefficient (Wildman–Crippen LogP) is 2.88. The van der Waals surface area contributed by atoms with Crippen LogP contribution in [0.3, 0.4) is 0 Å². The van der Waals surface area contributed by atoms with Crippen LogP contribution in [-0.2, 0) is 18.3 Å². The van der Waals surface area contributed by atoms with E-state index in [1.165, 1.54) is 11.1 Å². The van der Waals surface area contributed by atoms with E-state index in [0.29, 0.717) is 5.75 Å². The molecule has 3 heteroatoms. The summed E-state index contributed by atoms with van der Waals surface area (Å²) in [5.74, 6) is 0.298. The zero-order valence-electron chi connectivity index (χ0n) is 14.2. The number of fused-ring (bicyclic) bond motifs is 4. The van der Waals surface area contributed by atoms with Crippen LogP contribution in [0.1, 0.15) is 30.0 Å². The Hall–Kier alpha value is -1.84. The zero-order valence-corrected chi connectivity index (χ0v) is 14.2. The summed E-state index contributed by atoms with van der Waals surface area (Å²) in [5.41, 5.74) is 3.51. The van der Waals surface area contributed by atoms with Gasteiger partial charge in [0, 0.05) is 18.0 Å². The standard InChI is InChI=1S/C21H25NO2/c1-21-10-12-22(11-9-15-5-3-2-4-6-15)19(20(21)24)13-16-7-8-17(23)14-18(16)21/h2-8,14,19-20,23-24H,9-13H2,1H3/t19?,20-,21+/m0/s1. The van der Waals surface area contributed by atoms with Gasteiger partial charge in [0.2, 0.25) is 0 Å². The minimum Gasteiger partial charge on any atom is -0.508 e. The molecule has 0 radical (unpaired) electrons. The van der Waals surface area contributed by atoms with Crippen LogP contribution in [0, 0.1) is 0 Å². The molecule has 2 aromatic rings. The van der Waals surface area contributed by atoms with E-state index in [2.05, 4.69) is 36.1 Å². The largest absolute Gasteiger partial charge is 0.508 e. The third-order valence-corrected chi connectivity index (χ3v) is 6.07. The van der Waals surface area contributed by atoms with Gasteiger partial charge >= 0.3 is 0 Å². The maximum Gasteiger partial charge on any atom is 0.115 e. The molecule has 2 N–H and O–H groups in total. The summed E-state index contributed by atoms with van der Waals surface area (Å²) in [6.45, 7) is 4.13. The number of aromatic hydroxyl groups is 1. The number of piperidine rings is 1. The van der Waals surface area contributed by atoms with Gasteiger partial charge in [-0.1, -0.05) is 43.3 Å². The number of hydrogen-bond donors (Lipinski definition) is 2. The maximum absolute atomic E-state index is 11.0. The molecule has 0 spiro atoms. The molecule has 2 bridgehead atoms. The van der Waals surface area contributed by atoms with Crippen LogP contribution in [0.4, 0.5) is 0 Å². The second-order valence-corrected chi connectivity index (χ2v) is 7.50. The van der Waals surface area contributed by atoms with Crippen molar-refractivity contribution in [2.24, 2.45) is 0 Å². The van der Waals surface area contributed by atoms with E-state index in [1.807, 2.05) is 18.2 Å². The quantitative estimate of drug-likeness (QED) is 0.913. The average Bonchev–Trinajstić information content (AvgIpc) is 2.59. The molecule has 3 atom stereocenters. The van der Waals surface area contributed by atoms with Crippen LogP contribution in [0.15, 0.2) is 48.5 Å². The Bertz CT molecular complexity index is 730. The molecule has 1 heterocycles. The van der Waals surface area contributed by atoms with Gasteiger partial charge in [-0.05, 0) is 54.6 Å². The number of rotatable bonds is 3. The fourth-order valence-electron chi connectivity index (χ4n) is 4.54. The molecule has 4 rings (SSSR count). The first kappa shape index (κ1) is 15.7. The van der Waals surface area contributed by atoms with Gasteiger partial charge in [-0.25, -0.2) is 0 Å². The highest BCUT2D eigenvalue weighted by molar-refractivity contribution is 5.44. The van der Waals surface area contributed by atoms with Gasteiger partial charge in [0.1, 0.15) is 5.75 Å². The Morgan fingerprint density at radius 3 is 2.75 bits per heavy atom. The molecular weight excluding hydrogens is 298 g/mol. The van der Waals surface area contributed by atoms with Gasteiger partial charge in [-0.15, -0.1) is 0 Å². The number of likely N-dealkylation sites (tertiary alicyclic amines) is 1. The van der Waals surface area contributed by atoms with Crippen molar-refractivity contribution in [1.29, 1.82) is 0 Å². The van der Waals surface area contributed by atoms with Crippen molar-refractivity contribution in [3.8, 4) is 5.75 Å².